The highest BCUT2D eigenvalue weighted by molar-refractivity contribution is 6.26. The van der Waals surface area contributed by atoms with Crippen molar-refractivity contribution in [3.63, 3.8) is 0 Å². The minimum Gasteiger partial charge on any atom is -0.455 e. The van der Waals surface area contributed by atoms with Crippen LogP contribution in [0.25, 0.3) is 99.2 Å². The smallest absolute Gasteiger partial charge is 0.143 e. The SMILES string of the molecule is c1ccc(-c2ccc(N(c3ccc(-c4c(-c5ccccc5)c5c6ccccc6oc5c5ccccc45)cc3)c3ccc(-c4cccc5c4oc4ccccc45)cc3)cc2)cc1. The molecule has 0 saturated carbocycles. The van der Waals surface area contributed by atoms with E-state index in [1.807, 2.05) is 18.2 Å². The Hall–Kier alpha value is -8.14. The third-order valence-corrected chi connectivity index (χ3v) is 12.1. The number of hydrogen-bond donors (Lipinski definition) is 0. The van der Waals surface area contributed by atoms with Crippen molar-refractivity contribution in [3.8, 4) is 44.5 Å². The summed E-state index contributed by atoms with van der Waals surface area (Å²) < 4.78 is 13.1. The minimum atomic E-state index is 0.890. The van der Waals surface area contributed by atoms with Crippen LogP contribution >= 0.6 is 0 Å². The van der Waals surface area contributed by atoms with Crippen LogP contribution in [0.5, 0.6) is 0 Å². The number of fused-ring (bicyclic) bond motifs is 8. The average molecular weight is 780 g/mol. The van der Waals surface area contributed by atoms with Gasteiger partial charge in [-0.1, -0.05) is 176 Å². The second-order valence-corrected chi connectivity index (χ2v) is 15.6. The van der Waals surface area contributed by atoms with Crippen LogP contribution in [0, 0.1) is 0 Å². The Kier molecular flexibility index (Phi) is 8.17. The van der Waals surface area contributed by atoms with Gasteiger partial charge in [-0.3, -0.25) is 0 Å². The summed E-state index contributed by atoms with van der Waals surface area (Å²) >= 11 is 0. The van der Waals surface area contributed by atoms with Gasteiger partial charge in [0.1, 0.15) is 22.3 Å². The van der Waals surface area contributed by atoms with Crippen LogP contribution in [0.2, 0.25) is 0 Å². The molecule has 61 heavy (non-hydrogen) atoms. The molecule has 0 aliphatic carbocycles. The maximum Gasteiger partial charge on any atom is 0.143 e. The summed E-state index contributed by atoms with van der Waals surface area (Å²) in [6, 6.07) is 79.8. The predicted octanol–water partition coefficient (Wildman–Crippen LogP) is 16.8. The third-order valence-electron chi connectivity index (χ3n) is 12.1. The monoisotopic (exact) mass is 779 g/mol. The van der Waals surface area contributed by atoms with Crippen LogP contribution < -0.4 is 4.90 Å². The van der Waals surface area contributed by atoms with E-state index in [0.29, 0.717) is 0 Å². The quantitative estimate of drug-likeness (QED) is 0.161. The Morgan fingerprint density at radius 1 is 0.262 bits per heavy atom. The Balaban J connectivity index is 1.01. The molecule has 286 valence electrons. The molecule has 0 unspecified atom stereocenters. The fourth-order valence-corrected chi connectivity index (χ4v) is 9.26. The van der Waals surface area contributed by atoms with Crippen molar-refractivity contribution in [2.24, 2.45) is 0 Å². The van der Waals surface area contributed by atoms with Crippen molar-refractivity contribution >= 4 is 71.7 Å². The first kappa shape index (κ1) is 34.9. The highest BCUT2D eigenvalue weighted by atomic mass is 16.3. The van der Waals surface area contributed by atoms with E-state index >= 15 is 0 Å². The van der Waals surface area contributed by atoms with Crippen LogP contribution in [-0.2, 0) is 0 Å². The Morgan fingerprint density at radius 2 is 0.689 bits per heavy atom. The van der Waals surface area contributed by atoms with E-state index < -0.39 is 0 Å². The van der Waals surface area contributed by atoms with Crippen molar-refractivity contribution in [2.45, 2.75) is 0 Å². The Labute approximate surface area is 353 Å². The summed E-state index contributed by atoms with van der Waals surface area (Å²) in [6.07, 6.45) is 0. The molecule has 0 spiro atoms. The van der Waals surface area contributed by atoms with Gasteiger partial charge in [-0.15, -0.1) is 0 Å². The van der Waals surface area contributed by atoms with Crippen molar-refractivity contribution in [1.82, 2.24) is 0 Å². The van der Waals surface area contributed by atoms with Crippen LogP contribution in [0.15, 0.2) is 233 Å². The molecule has 12 rings (SSSR count). The van der Waals surface area contributed by atoms with Crippen molar-refractivity contribution in [2.75, 3.05) is 4.90 Å². The first-order chi connectivity index (χ1) is 30.3. The molecule has 10 aromatic carbocycles. The summed E-state index contributed by atoms with van der Waals surface area (Å²) in [7, 11) is 0. The van der Waals surface area contributed by atoms with Gasteiger partial charge >= 0.3 is 0 Å². The maximum absolute atomic E-state index is 6.66. The molecule has 0 atom stereocenters. The highest BCUT2D eigenvalue weighted by Gasteiger charge is 2.23. The molecule has 0 fully saturated rings. The lowest BCUT2D eigenvalue weighted by atomic mass is 9.86. The van der Waals surface area contributed by atoms with Gasteiger partial charge in [-0.05, 0) is 87.3 Å². The molecular formula is C58H37NO2. The molecule has 3 nitrogen and oxygen atoms in total. The van der Waals surface area contributed by atoms with Gasteiger partial charge in [-0.2, -0.15) is 0 Å². The number of hydrogen-bond acceptors (Lipinski definition) is 3. The second-order valence-electron chi connectivity index (χ2n) is 15.6. The van der Waals surface area contributed by atoms with Crippen LogP contribution in [0.4, 0.5) is 17.1 Å². The number of nitrogens with zero attached hydrogens (tertiary/aromatic N) is 1. The molecule has 3 heteroatoms. The first-order valence-electron chi connectivity index (χ1n) is 20.7. The first-order valence-corrected chi connectivity index (χ1v) is 20.7. The summed E-state index contributed by atoms with van der Waals surface area (Å²) in [5.74, 6) is 0. The fourth-order valence-electron chi connectivity index (χ4n) is 9.26. The van der Waals surface area contributed by atoms with Crippen LogP contribution in [0.1, 0.15) is 0 Å². The molecule has 0 aliphatic heterocycles. The van der Waals surface area contributed by atoms with Gasteiger partial charge in [0.25, 0.3) is 0 Å². The Bertz CT molecular complexity index is 3550. The lowest BCUT2D eigenvalue weighted by molar-refractivity contribution is 0.670. The second kappa shape index (κ2) is 14.3. The number of rotatable bonds is 7. The normalized spacial score (nSPS) is 11.6. The van der Waals surface area contributed by atoms with E-state index in [0.717, 1.165) is 94.0 Å². The molecule has 0 saturated heterocycles. The molecule has 0 amide bonds. The van der Waals surface area contributed by atoms with Crippen LogP contribution in [-0.4, -0.2) is 0 Å². The van der Waals surface area contributed by atoms with E-state index in [1.165, 1.54) is 22.3 Å². The summed E-state index contributed by atoms with van der Waals surface area (Å²) in [6.45, 7) is 0. The maximum atomic E-state index is 6.66. The standard InChI is InChI=1S/C58H37NO2/c1-3-14-38(15-4-1)39-26-32-43(33-27-39)59(44-34-28-40(29-35-44)46-22-13-23-49-47-18-9-11-24-52(47)60-57(46)49)45-36-30-42(31-37-45)54-48-19-7-8-20-50(48)58-56(51-21-10-12-25-53(51)61-58)55(54)41-16-5-2-6-17-41/h1-37H. The van der Waals surface area contributed by atoms with Gasteiger partial charge in [0.15, 0.2) is 0 Å². The van der Waals surface area contributed by atoms with E-state index in [2.05, 4.69) is 211 Å². The van der Waals surface area contributed by atoms with Gasteiger partial charge < -0.3 is 13.7 Å². The lowest BCUT2D eigenvalue weighted by Gasteiger charge is -2.26. The third kappa shape index (κ3) is 5.82. The molecule has 0 bridgehead atoms. The van der Waals surface area contributed by atoms with E-state index in [4.69, 9.17) is 8.83 Å². The van der Waals surface area contributed by atoms with Crippen molar-refractivity contribution < 1.29 is 8.83 Å². The van der Waals surface area contributed by atoms with Gasteiger partial charge in [0.05, 0.1) is 0 Å². The van der Waals surface area contributed by atoms with Gasteiger partial charge in [0.2, 0.25) is 0 Å². The number of para-hydroxylation sites is 3. The summed E-state index contributed by atoms with van der Waals surface area (Å²) in [5.41, 5.74) is 16.0. The predicted molar refractivity (Wildman–Crippen MR) is 255 cm³/mol. The lowest BCUT2D eigenvalue weighted by Crippen LogP contribution is -2.09. The van der Waals surface area contributed by atoms with E-state index in [9.17, 15) is 0 Å². The van der Waals surface area contributed by atoms with E-state index in [-0.39, 0.29) is 0 Å². The summed E-state index contributed by atoms with van der Waals surface area (Å²) in [4.78, 5) is 2.34. The molecular weight excluding hydrogens is 743 g/mol. The molecule has 12 aromatic rings. The zero-order valence-electron chi connectivity index (χ0n) is 33.1. The van der Waals surface area contributed by atoms with Crippen molar-refractivity contribution in [1.29, 1.82) is 0 Å². The minimum absolute atomic E-state index is 0.890. The molecule has 0 radical (unpaired) electrons. The average Bonchev–Trinajstić information content (AvgIpc) is 3.92. The molecule has 0 N–H and O–H groups in total. The Morgan fingerprint density at radius 3 is 1.34 bits per heavy atom. The summed E-state index contributed by atoms with van der Waals surface area (Å²) in [5, 5.41) is 6.77. The number of benzene rings is 10. The fraction of sp³-hybridized carbons (Fsp3) is 0. The van der Waals surface area contributed by atoms with Gasteiger partial charge in [0, 0.05) is 55.1 Å². The van der Waals surface area contributed by atoms with E-state index in [1.54, 1.807) is 0 Å². The molecule has 2 aromatic heterocycles. The highest BCUT2D eigenvalue weighted by Crippen LogP contribution is 2.49. The molecule has 2 heterocycles. The zero-order valence-corrected chi connectivity index (χ0v) is 33.1. The largest absolute Gasteiger partial charge is 0.455 e. The number of furan rings is 2. The number of anilines is 3. The zero-order chi connectivity index (χ0) is 40.3. The molecule has 0 aliphatic rings. The van der Waals surface area contributed by atoms with Crippen LogP contribution in [0.3, 0.4) is 0 Å². The van der Waals surface area contributed by atoms with Gasteiger partial charge in [-0.25, -0.2) is 0 Å². The topological polar surface area (TPSA) is 29.5 Å². The van der Waals surface area contributed by atoms with Crippen molar-refractivity contribution in [3.05, 3.63) is 224 Å².